The highest BCUT2D eigenvalue weighted by atomic mass is 127. The summed E-state index contributed by atoms with van der Waals surface area (Å²) in [5.74, 6) is 0.499. The zero-order chi connectivity index (χ0) is 20.0. The number of nitrogens with zero attached hydrogens (tertiary/aromatic N) is 3. The lowest BCUT2D eigenvalue weighted by Crippen LogP contribution is -2.38. The minimum atomic E-state index is -4.50. The number of rotatable bonds is 6. The molecule has 0 spiro atoms. The van der Waals surface area contributed by atoms with Crippen molar-refractivity contribution in [3.8, 4) is 5.88 Å². The number of hydrogen-bond donors (Lipinski definition) is 2. The van der Waals surface area contributed by atoms with E-state index in [1.807, 2.05) is 13.8 Å². The molecule has 156 valence electrons. The molecule has 28 heavy (non-hydrogen) atoms. The Morgan fingerprint density at radius 1 is 1.32 bits per heavy atom. The summed E-state index contributed by atoms with van der Waals surface area (Å²) in [6.07, 6.45) is -3.81. The number of nitrogens with one attached hydrogen (secondary N) is 2. The molecule has 0 aromatic carbocycles. The van der Waals surface area contributed by atoms with Gasteiger partial charge in [0.2, 0.25) is 5.88 Å². The predicted molar refractivity (Wildman–Crippen MR) is 115 cm³/mol. The third-order valence-electron chi connectivity index (χ3n) is 3.47. The molecule has 0 amide bonds. The number of halogens is 5. The SMILES string of the molecule is CN=C(NCCOc1ncc(C(F)(F)F)cc1Cl)NCc1nc(C)c(C)s1.I. The van der Waals surface area contributed by atoms with Gasteiger partial charge in [-0.15, -0.1) is 35.3 Å². The largest absolute Gasteiger partial charge is 0.475 e. The van der Waals surface area contributed by atoms with Crippen molar-refractivity contribution in [3.05, 3.63) is 38.4 Å². The molecule has 2 aromatic rings. The molecule has 12 heteroatoms. The molecule has 0 radical (unpaired) electrons. The van der Waals surface area contributed by atoms with E-state index in [9.17, 15) is 13.2 Å². The molecule has 2 aromatic heterocycles. The zero-order valence-electron chi connectivity index (χ0n) is 15.4. The average Bonchev–Trinajstić information content (AvgIpc) is 2.92. The van der Waals surface area contributed by atoms with Crippen LogP contribution in [-0.4, -0.2) is 36.1 Å². The smallest absolute Gasteiger partial charge is 0.417 e. The molecule has 0 aliphatic carbocycles. The molecular formula is C16H20ClF3IN5OS. The molecule has 2 rings (SSSR count). The lowest BCUT2D eigenvalue weighted by molar-refractivity contribution is -0.137. The highest BCUT2D eigenvalue weighted by Crippen LogP contribution is 2.32. The van der Waals surface area contributed by atoms with E-state index in [1.165, 1.54) is 4.88 Å². The minimum absolute atomic E-state index is 0. The highest BCUT2D eigenvalue weighted by molar-refractivity contribution is 14.0. The molecule has 0 saturated heterocycles. The maximum absolute atomic E-state index is 12.6. The van der Waals surface area contributed by atoms with Gasteiger partial charge in [-0.2, -0.15) is 13.2 Å². The summed E-state index contributed by atoms with van der Waals surface area (Å²) in [6, 6.07) is 0.788. The number of aliphatic imine (C=N–C) groups is 1. The van der Waals surface area contributed by atoms with Gasteiger partial charge >= 0.3 is 6.18 Å². The van der Waals surface area contributed by atoms with E-state index in [0.717, 1.165) is 16.8 Å². The summed E-state index contributed by atoms with van der Waals surface area (Å²) in [5, 5.41) is 6.91. The number of pyridine rings is 1. The Kier molecular flexibility index (Phi) is 9.70. The predicted octanol–water partition coefficient (Wildman–Crippen LogP) is 4.19. The Labute approximate surface area is 187 Å². The van der Waals surface area contributed by atoms with E-state index in [0.29, 0.717) is 25.2 Å². The lowest BCUT2D eigenvalue weighted by Gasteiger charge is -2.12. The molecule has 0 aliphatic rings. The molecule has 6 nitrogen and oxygen atoms in total. The zero-order valence-corrected chi connectivity index (χ0v) is 19.3. The van der Waals surface area contributed by atoms with Crippen LogP contribution < -0.4 is 15.4 Å². The van der Waals surface area contributed by atoms with Crippen LogP contribution in [-0.2, 0) is 12.7 Å². The first-order valence-electron chi connectivity index (χ1n) is 7.93. The van der Waals surface area contributed by atoms with Gasteiger partial charge in [-0.3, -0.25) is 4.99 Å². The van der Waals surface area contributed by atoms with Crippen molar-refractivity contribution in [2.24, 2.45) is 4.99 Å². The van der Waals surface area contributed by atoms with Crippen molar-refractivity contribution in [1.29, 1.82) is 0 Å². The number of alkyl halides is 3. The second-order valence-electron chi connectivity index (χ2n) is 5.46. The highest BCUT2D eigenvalue weighted by Gasteiger charge is 2.31. The number of thiazole rings is 1. The fourth-order valence-corrected chi connectivity index (χ4v) is 3.09. The van der Waals surface area contributed by atoms with Crippen molar-refractivity contribution >= 4 is 52.9 Å². The molecular weight excluding hydrogens is 530 g/mol. The van der Waals surface area contributed by atoms with Crippen LogP contribution >= 0.6 is 46.9 Å². The van der Waals surface area contributed by atoms with E-state index >= 15 is 0 Å². The van der Waals surface area contributed by atoms with Crippen molar-refractivity contribution in [3.63, 3.8) is 0 Å². The normalized spacial score (nSPS) is 11.8. The van der Waals surface area contributed by atoms with Crippen molar-refractivity contribution < 1.29 is 17.9 Å². The fraction of sp³-hybridized carbons (Fsp3) is 0.438. The first-order chi connectivity index (χ1) is 12.7. The van der Waals surface area contributed by atoms with Gasteiger partial charge in [-0.05, 0) is 19.9 Å². The van der Waals surface area contributed by atoms with Crippen molar-refractivity contribution in [2.75, 3.05) is 20.2 Å². The van der Waals surface area contributed by atoms with Crippen LogP contribution in [0.2, 0.25) is 5.02 Å². The summed E-state index contributed by atoms with van der Waals surface area (Å²) < 4.78 is 43.1. The van der Waals surface area contributed by atoms with Gasteiger partial charge in [0.15, 0.2) is 5.96 Å². The maximum atomic E-state index is 12.6. The Hall–Kier alpha value is -1.34. The average molecular weight is 550 g/mol. The lowest BCUT2D eigenvalue weighted by atomic mass is 10.3. The Balaban J connectivity index is 0.00000392. The first-order valence-corrected chi connectivity index (χ1v) is 9.13. The fourth-order valence-electron chi connectivity index (χ4n) is 2.00. The minimum Gasteiger partial charge on any atom is -0.475 e. The number of hydrogen-bond acceptors (Lipinski definition) is 5. The molecule has 0 aliphatic heterocycles. The van der Waals surface area contributed by atoms with Gasteiger partial charge in [0.25, 0.3) is 0 Å². The topological polar surface area (TPSA) is 71.4 Å². The van der Waals surface area contributed by atoms with E-state index in [2.05, 4.69) is 25.6 Å². The van der Waals surface area contributed by atoms with E-state index in [4.69, 9.17) is 16.3 Å². The molecule has 0 bridgehead atoms. The molecule has 2 N–H and O–H groups in total. The number of aryl methyl sites for hydroxylation is 2. The van der Waals surface area contributed by atoms with Crippen LogP contribution in [0.5, 0.6) is 5.88 Å². The van der Waals surface area contributed by atoms with Gasteiger partial charge in [0.1, 0.15) is 16.6 Å². The van der Waals surface area contributed by atoms with E-state index in [-0.39, 0.29) is 41.5 Å². The second kappa shape index (κ2) is 11.0. The summed E-state index contributed by atoms with van der Waals surface area (Å²) in [4.78, 5) is 13.3. The van der Waals surface area contributed by atoms with Crippen LogP contribution in [0.4, 0.5) is 13.2 Å². The third kappa shape index (κ3) is 7.24. The quantitative estimate of drug-likeness (QED) is 0.245. The molecule has 0 unspecified atom stereocenters. The van der Waals surface area contributed by atoms with Crippen LogP contribution in [0.3, 0.4) is 0 Å². The second-order valence-corrected chi connectivity index (χ2v) is 7.15. The summed E-state index contributed by atoms with van der Waals surface area (Å²) in [6.45, 7) is 5.01. The standard InChI is InChI=1S/C16H19ClF3N5OS.HI/c1-9-10(2)27-13(25-9)8-24-15(21-3)22-4-5-26-14-12(17)6-11(7-23-14)16(18,19)20;/h6-7H,4-5,8H2,1-3H3,(H2,21,22,24);1H. The molecule has 0 fully saturated rings. The van der Waals surface area contributed by atoms with Gasteiger partial charge in [0, 0.05) is 18.1 Å². The number of ether oxygens (including phenoxy) is 1. The Morgan fingerprint density at radius 2 is 2.04 bits per heavy atom. The first kappa shape index (κ1) is 24.7. The molecule has 0 saturated carbocycles. The van der Waals surface area contributed by atoms with Crippen molar-refractivity contribution in [2.45, 2.75) is 26.6 Å². The van der Waals surface area contributed by atoms with Gasteiger partial charge in [-0.1, -0.05) is 11.6 Å². The third-order valence-corrected chi connectivity index (χ3v) is 4.82. The monoisotopic (exact) mass is 549 g/mol. The maximum Gasteiger partial charge on any atom is 0.417 e. The molecule has 2 heterocycles. The number of guanidine groups is 1. The van der Waals surface area contributed by atoms with Crippen LogP contribution in [0.15, 0.2) is 17.3 Å². The van der Waals surface area contributed by atoms with E-state index < -0.39 is 11.7 Å². The van der Waals surface area contributed by atoms with Gasteiger partial charge < -0.3 is 15.4 Å². The molecule has 0 atom stereocenters. The summed E-state index contributed by atoms with van der Waals surface area (Å²) >= 11 is 7.40. The Morgan fingerprint density at radius 3 is 2.57 bits per heavy atom. The summed E-state index contributed by atoms with van der Waals surface area (Å²) in [5.41, 5.74) is 0.0873. The summed E-state index contributed by atoms with van der Waals surface area (Å²) in [7, 11) is 1.63. The van der Waals surface area contributed by atoms with Crippen LogP contribution in [0.1, 0.15) is 21.1 Å². The van der Waals surface area contributed by atoms with E-state index in [1.54, 1.807) is 18.4 Å². The van der Waals surface area contributed by atoms with Crippen LogP contribution in [0.25, 0.3) is 0 Å². The van der Waals surface area contributed by atoms with Crippen LogP contribution in [0, 0.1) is 13.8 Å². The van der Waals surface area contributed by atoms with Crippen molar-refractivity contribution in [1.82, 2.24) is 20.6 Å². The van der Waals surface area contributed by atoms with Gasteiger partial charge in [0.05, 0.1) is 24.3 Å². The van der Waals surface area contributed by atoms with Gasteiger partial charge in [-0.25, -0.2) is 9.97 Å². The Bertz CT molecular complexity index is 797. The number of aromatic nitrogens is 2.